The van der Waals surface area contributed by atoms with Gasteiger partial charge in [-0.1, -0.05) is 12.1 Å². The summed E-state index contributed by atoms with van der Waals surface area (Å²) in [5.74, 6) is -0.626. The van der Waals surface area contributed by atoms with Crippen molar-refractivity contribution in [2.75, 3.05) is 13.6 Å². The lowest BCUT2D eigenvalue weighted by Crippen LogP contribution is -2.37. The lowest BCUT2D eigenvalue weighted by molar-refractivity contribution is 0.297. The number of rotatable bonds is 6. The van der Waals surface area contributed by atoms with Gasteiger partial charge in [0.2, 0.25) is 0 Å². The molecule has 0 saturated heterocycles. The number of benzene rings is 1. The number of aromatic nitrogens is 2. The van der Waals surface area contributed by atoms with Gasteiger partial charge < -0.3 is 14.8 Å². The Morgan fingerprint density at radius 1 is 1.48 bits per heavy atom. The molecular weight excluding hydrogens is 401 g/mol. The molecule has 0 fully saturated rings. The molecule has 0 aliphatic carbocycles. The van der Waals surface area contributed by atoms with E-state index in [0.29, 0.717) is 24.4 Å². The van der Waals surface area contributed by atoms with Crippen molar-refractivity contribution in [1.29, 1.82) is 5.26 Å². The van der Waals surface area contributed by atoms with Crippen molar-refractivity contribution < 1.29 is 14.3 Å². The number of halogens is 1. The van der Waals surface area contributed by atoms with Gasteiger partial charge >= 0.3 is 0 Å². The molecule has 1 aliphatic heterocycles. The maximum atomic E-state index is 13.5. The van der Waals surface area contributed by atoms with Crippen LogP contribution in [0, 0.1) is 17.1 Å². The zero-order chi connectivity index (χ0) is 22.5. The molecule has 0 spiro atoms. The number of nitriles is 1. The van der Waals surface area contributed by atoms with Crippen molar-refractivity contribution >= 4 is 12.0 Å². The minimum atomic E-state index is -0.892. The van der Waals surface area contributed by atoms with Crippen LogP contribution in [0.25, 0.3) is 5.76 Å². The first-order chi connectivity index (χ1) is 14.9. The Hall–Kier alpha value is -3.51. The number of phenolic OH excluding ortho intramolecular Hbond substituents is 1. The fraction of sp³-hybridized carbons (Fsp3) is 0.364. The molecule has 1 N–H and O–H groups in total. The van der Waals surface area contributed by atoms with Crippen LogP contribution < -0.4 is 5.56 Å². The van der Waals surface area contributed by atoms with Crippen LogP contribution in [-0.4, -0.2) is 39.4 Å². The molecule has 0 atom stereocenters. The number of likely N-dealkylation sites (N-methyl/N-ethyl adjacent to an activating group) is 1. The Morgan fingerprint density at radius 2 is 2.26 bits per heavy atom. The number of aromatic hydroxyl groups is 1. The van der Waals surface area contributed by atoms with E-state index in [9.17, 15) is 19.6 Å². The number of hydrogen-bond donors (Lipinski definition) is 1. The Kier molecular flexibility index (Phi) is 6.82. The largest absolute Gasteiger partial charge is 0.505 e. The van der Waals surface area contributed by atoms with Gasteiger partial charge in [0.1, 0.15) is 11.9 Å². The normalized spacial score (nSPS) is 14.5. The molecule has 0 amide bonds. The highest BCUT2D eigenvalue weighted by molar-refractivity contribution is 5.68. The van der Waals surface area contributed by atoms with E-state index < -0.39 is 11.6 Å². The standard InChI is InChI=1S/C22H24FN5O3/c1-4-20(15-11-19(29)17(23)10-14(15)12-24)31-25-7-9-28-21(5-2)26-18-6-8-27(3)13-16(18)22(28)30/h4,7,10-11,29H,5-6,8-9,13H2,1-3H3/b20-4-,25-7+. The second-order valence-corrected chi connectivity index (χ2v) is 7.20. The number of allylic oxidation sites excluding steroid dienone is 1. The third kappa shape index (κ3) is 4.64. The van der Waals surface area contributed by atoms with Gasteiger partial charge in [0.25, 0.3) is 5.56 Å². The van der Waals surface area contributed by atoms with Crippen molar-refractivity contribution in [2.24, 2.45) is 5.16 Å². The van der Waals surface area contributed by atoms with Crippen LogP contribution in [0.3, 0.4) is 0 Å². The fourth-order valence-electron chi connectivity index (χ4n) is 3.48. The number of hydrogen-bond acceptors (Lipinski definition) is 7. The van der Waals surface area contributed by atoms with E-state index in [1.54, 1.807) is 17.6 Å². The minimum absolute atomic E-state index is 0.00564. The van der Waals surface area contributed by atoms with Gasteiger partial charge in [-0.3, -0.25) is 9.36 Å². The van der Waals surface area contributed by atoms with Gasteiger partial charge in [0.05, 0.1) is 29.6 Å². The Labute approximate surface area is 179 Å². The number of aryl methyl sites for hydroxylation is 1. The van der Waals surface area contributed by atoms with Gasteiger partial charge in [-0.25, -0.2) is 9.37 Å². The Morgan fingerprint density at radius 3 is 2.94 bits per heavy atom. The van der Waals surface area contributed by atoms with Crippen LogP contribution in [0.5, 0.6) is 5.75 Å². The predicted octanol–water partition coefficient (Wildman–Crippen LogP) is 2.57. The van der Waals surface area contributed by atoms with Gasteiger partial charge in [0, 0.05) is 31.5 Å². The summed E-state index contributed by atoms with van der Waals surface area (Å²) in [5, 5.41) is 22.8. The molecule has 162 valence electrons. The molecular formula is C22H24FN5O3. The summed E-state index contributed by atoms with van der Waals surface area (Å²) in [6, 6.07) is 3.92. The number of oxime groups is 1. The predicted molar refractivity (Wildman–Crippen MR) is 114 cm³/mol. The highest BCUT2D eigenvalue weighted by Gasteiger charge is 2.21. The molecule has 3 rings (SSSR count). The van der Waals surface area contributed by atoms with Crippen LogP contribution in [0.1, 0.15) is 42.1 Å². The molecule has 8 nitrogen and oxygen atoms in total. The van der Waals surface area contributed by atoms with Crippen LogP contribution >= 0.6 is 0 Å². The van der Waals surface area contributed by atoms with Crippen molar-refractivity contribution in [3.05, 3.63) is 62.6 Å². The van der Waals surface area contributed by atoms with Gasteiger partial charge in [0.15, 0.2) is 17.3 Å². The van der Waals surface area contributed by atoms with Crippen LogP contribution in [0.4, 0.5) is 4.39 Å². The average molecular weight is 425 g/mol. The van der Waals surface area contributed by atoms with Crippen molar-refractivity contribution in [2.45, 2.75) is 39.8 Å². The molecule has 9 heteroatoms. The lowest BCUT2D eigenvalue weighted by Gasteiger charge is -2.25. The molecule has 1 aliphatic rings. The second kappa shape index (κ2) is 9.53. The second-order valence-electron chi connectivity index (χ2n) is 7.20. The van der Waals surface area contributed by atoms with E-state index in [0.717, 1.165) is 30.8 Å². The fourth-order valence-corrected chi connectivity index (χ4v) is 3.48. The maximum Gasteiger partial charge on any atom is 0.258 e. The average Bonchev–Trinajstić information content (AvgIpc) is 2.77. The van der Waals surface area contributed by atoms with Crippen LogP contribution in [0.2, 0.25) is 0 Å². The number of nitrogens with zero attached hydrogens (tertiary/aromatic N) is 5. The Balaban J connectivity index is 1.82. The van der Waals surface area contributed by atoms with E-state index in [-0.39, 0.29) is 29.0 Å². The highest BCUT2D eigenvalue weighted by atomic mass is 19.1. The van der Waals surface area contributed by atoms with E-state index >= 15 is 0 Å². The molecule has 31 heavy (non-hydrogen) atoms. The number of fused-ring (bicyclic) bond motifs is 1. The molecule has 2 heterocycles. The molecule has 0 radical (unpaired) electrons. The summed E-state index contributed by atoms with van der Waals surface area (Å²) in [6.07, 6.45) is 4.33. The lowest BCUT2D eigenvalue weighted by atomic mass is 10.1. The summed E-state index contributed by atoms with van der Waals surface area (Å²) in [4.78, 5) is 25.1. The van der Waals surface area contributed by atoms with Crippen molar-refractivity contribution in [1.82, 2.24) is 14.5 Å². The number of phenols is 1. The first-order valence-electron chi connectivity index (χ1n) is 9.97. The summed E-state index contributed by atoms with van der Waals surface area (Å²) in [7, 11) is 1.97. The van der Waals surface area contributed by atoms with E-state index in [1.807, 2.05) is 20.0 Å². The van der Waals surface area contributed by atoms with Gasteiger partial charge in [-0.05, 0) is 32.2 Å². The first kappa shape index (κ1) is 22.2. The minimum Gasteiger partial charge on any atom is -0.505 e. The van der Waals surface area contributed by atoms with Gasteiger partial charge in [-0.2, -0.15) is 5.26 Å². The zero-order valence-electron chi connectivity index (χ0n) is 17.7. The quantitative estimate of drug-likeness (QED) is 0.433. The van der Waals surface area contributed by atoms with Crippen LogP contribution in [-0.2, 0) is 30.8 Å². The molecule has 2 aromatic rings. The third-order valence-corrected chi connectivity index (χ3v) is 5.13. The summed E-state index contributed by atoms with van der Waals surface area (Å²) in [5.41, 5.74) is 1.70. The van der Waals surface area contributed by atoms with Gasteiger partial charge in [-0.15, -0.1) is 0 Å². The monoisotopic (exact) mass is 425 g/mol. The molecule has 0 saturated carbocycles. The molecule has 0 bridgehead atoms. The van der Waals surface area contributed by atoms with Crippen LogP contribution in [0.15, 0.2) is 28.2 Å². The van der Waals surface area contributed by atoms with E-state index in [4.69, 9.17) is 4.84 Å². The third-order valence-electron chi connectivity index (χ3n) is 5.13. The zero-order valence-corrected chi connectivity index (χ0v) is 17.7. The smallest absolute Gasteiger partial charge is 0.258 e. The van der Waals surface area contributed by atoms with Crippen molar-refractivity contribution in [3.63, 3.8) is 0 Å². The highest BCUT2D eigenvalue weighted by Crippen LogP contribution is 2.27. The molecule has 1 aromatic heterocycles. The molecule has 1 aromatic carbocycles. The summed E-state index contributed by atoms with van der Waals surface area (Å²) < 4.78 is 15.1. The maximum absolute atomic E-state index is 13.5. The summed E-state index contributed by atoms with van der Waals surface area (Å²) in [6.45, 7) is 5.21. The van der Waals surface area contributed by atoms with E-state index in [2.05, 4.69) is 15.0 Å². The first-order valence-corrected chi connectivity index (χ1v) is 9.97. The topological polar surface area (TPSA) is 104 Å². The molecule has 0 unspecified atom stereocenters. The SMILES string of the molecule is C/C=C(\O/N=C/Cn1c(CC)nc2c(c1=O)CN(C)CC2)c1cc(O)c(F)cc1C#N. The van der Waals surface area contributed by atoms with Crippen molar-refractivity contribution in [3.8, 4) is 11.8 Å². The summed E-state index contributed by atoms with van der Waals surface area (Å²) >= 11 is 0. The Bertz CT molecular complexity index is 1150. The van der Waals surface area contributed by atoms with E-state index in [1.165, 1.54) is 6.21 Å².